The summed E-state index contributed by atoms with van der Waals surface area (Å²) in [4.78, 5) is 3.92. The Morgan fingerprint density at radius 1 is 1.42 bits per heavy atom. The Morgan fingerprint density at radius 3 is 3.05 bits per heavy atom. The van der Waals surface area contributed by atoms with Crippen molar-refractivity contribution in [3.63, 3.8) is 0 Å². The molecule has 0 unspecified atom stereocenters. The highest BCUT2D eigenvalue weighted by atomic mass is 35.5. The van der Waals surface area contributed by atoms with Crippen molar-refractivity contribution in [1.29, 1.82) is 0 Å². The molecule has 1 N–H and O–H groups in total. The summed E-state index contributed by atoms with van der Waals surface area (Å²) in [6.45, 7) is 1.04. The highest BCUT2D eigenvalue weighted by Gasteiger charge is 2.20. The van der Waals surface area contributed by atoms with E-state index >= 15 is 0 Å². The number of nitrogens with one attached hydrogen (secondary N) is 1. The summed E-state index contributed by atoms with van der Waals surface area (Å²) in [6.07, 6.45) is 3.79. The molecule has 1 saturated carbocycles. The third-order valence-corrected chi connectivity index (χ3v) is 3.18. The molecule has 3 rings (SSSR count). The van der Waals surface area contributed by atoms with Gasteiger partial charge < -0.3 is 14.6 Å². The summed E-state index contributed by atoms with van der Waals surface area (Å²) in [5, 5.41) is 7.86. The van der Waals surface area contributed by atoms with Crippen LogP contribution in [0.2, 0.25) is 5.02 Å². The Hall–Kier alpha value is -1.59. The molecule has 1 aromatic heterocycles. The van der Waals surface area contributed by atoms with Crippen LogP contribution in [0.15, 0.2) is 29.1 Å². The highest BCUT2D eigenvalue weighted by Crippen LogP contribution is 2.25. The molecule has 5 nitrogen and oxygen atoms in total. The van der Waals surface area contributed by atoms with E-state index in [2.05, 4.69) is 20.0 Å². The average molecular weight is 280 g/mol. The highest BCUT2D eigenvalue weighted by molar-refractivity contribution is 6.30. The Morgan fingerprint density at radius 2 is 2.32 bits per heavy atom. The van der Waals surface area contributed by atoms with Crippen molar-refractivity contribution >= 4 is 11.6 Å². The van der Waals surface area contributed by atoms with Crippen LogP contribution in [-0.2, 0) is 13.2 Å². The molecule has 0 amide bonds. The predicted molar refractivity (Wildman–Crippen MR) is 69.9 cm³/mol. The summed E-state index contributed by atoms with van der Waals surface area (Å²) < 4.78 is 10.4. The molecule has 1 aliphatic carbocycles. The number of hydrogen-bond donors (Lipinski definition) is 1. The number of rotatable bonds is 6. The van der Waals surface area contributed by atoms with Gasteiger partial charge in [-0.3, -0.25) is 0 Å². The van der Waals surface area contributed by atoms with Crippen molar-refractivity contribution in [3.05, 3.63) is 41.0 Å². The SMILES string of the molecule is Clc1ccc(OCc2ncon2)c(CNC2CC2)c1. The zero-order valence-corrected chi connectivity index (χ0v) is 11.1. The molecule has 1 aliphatic rings. The normalized spacial score (nSPS) is 14.6. The van der Waals surface area contributed by atoms with Crippen molar-refractivity contribution in [2.75, 3.05) is 0 Å². The summed E-state index contributed by atoms with van der Waals surface area (Å²) in [5.41, 5.74) is 1.04. The van der Waals surface area contributed by atoms with Crippen molar-refractivity contribution in [1.82, 2.24) is 15.5 Å². The lowest BCUT2D eigenvalue weighted by molar-refractivity contribution is 0.283. The van der Waals surface area contributed by atoms with Crippen LogP contribution in [-0.4, -0.2) is 16.2 Å². The summed E-state index contributed by atoms with van der Waals surface area (Å²) in [5.74, 6) is 1.32. The van der Waals surface area contributed by atoms with Crippen molar-refractivity contribution < 1.29 is 9.26 Å². The second-order valence-corrected chi connectivity index (χ2v) is 4.98. The van der Waals surface area contributed by atoms with Crippen LogP contribution in [0.25, 0.3) is 0 Å². The van der Waals surface area contributed by atoms with Crippen molar-refractivity contribution in [3.8, 4) is 5.75 Å². The lowest BCUT2D eigenvalue weighted by atomic mass is 10.2. The fourth-order valence-corrected chi connectivity index (χ4v) is 1.96. The van der Waals surface area contributed by atoms with E-state index in [4.69, 9.17) is 16.3 Å². The zero-order chi connectivity index (χ0) is 13.1. The molecule has 1 fully saturated rings. The molecule has 0 spiro atoms. The number of benzene rings is 1. The van der Waals surface area contributed by atoms with E-state index in [1.165, 1.54) is 19.2 Å². The standard InChI is InChI=1S/C13H14ClN3O2/c14-10-1-4-12(18-7-13-16-8-19-17-13)9(5-10)6-15-11-2-3-11/h1,4-5,8,11,15H,2-3,6-7H2. The molecule has 1 aromatic carbocycles. The zero-order valence-electron chi connectivity index (χ0n) is 10.3. The van der Waals surface area contributed by atoms with Crippen LogP contribution < -0.4 is 10.1 Å². The Labute approximate surface area is 115 Å². The maximum atomic E-state index is 6.02. The molecule has 100 valence electrons. The van der Waals surface area contributed by atoms with Gasteiger partial charge in [0, 0.05) is 23.2 Å². The van der Waals surface area contributed by atoms with E-state index in [9.17, 15) is 0 Å². The van der Waals surface area contributed by atoms with E-state index in [1.54, 1.807) is 0 Å². The first-order valence-electron chi connectivity index (χ1n) is 6.21. The maximum absolute atomic E-state index is 6.02. The van der Waals surface area contributed by atoms with E-state index in [1.807, 2.05) is 18.2 Å². The van der Waals surface area contributed by atoms with Crippen LogP contribution in [0, 0.1) is 0 Å². The molecule has 0 radical (unpaired) electrons. The molecule has 19 heavy (non-hydrogen) atoms. The van der Waals surface area contributed by atoms with Crippen LogP contribution in [0.4, 0.5) is 0 Å². The molecular weight excluding hydrogens is 266 g/mol. The molecule has 0 bridgehead atoms. The van der Waals surface area contributed by atoms with Crippen molar-refractivity contribution in [2.24, 2.45) is 0 Å². The second-order valence-electron chi connectivity index (χ2n) is 4.54. The van der Waals surface area contributed by atoms with E-state index in [-0.39, 0.29) is 6.61 Å². The molecular formula is C13H14ClN3O2. The third kappa shape index (κ3) is 3.45. The van der Waals surface area contributed by atoms with Gasteiger partial charge in [0.2, 0.25) is 12.2 Å². The quantitative estimate of drug-likeness (QED) is 0.880. The van der Waals surface area contributed by atoms with Gasteiger partial charge in [0.15, 0.2) is 6.61 Å². The van der Waals surface area contributed by atoms with E-state index in [0.29, 0.717) is 16.9 Å². The summed E-state index contributed by atoms with van der Waals surface area (Å²) in [7, 11) is 0. The van der Waals surface area contributed by atoms with Crippen molar-refractivity contribution in [2.45, 2.75) is 32.0 Å². The summed E-state index contributed by atoms with van der Waals surface area (Å²) >= 11 is 6.02. The minimum Gasteiger partial charge on any atom is -0.485 e. The summed E-state index contributed by atoms with van der Waals surface area (Å²) in [6, 6.07) is 6.24. The van der Waals surface area contributed by atoms with Gasteiger partial charge in [-0.25, -0.2) is 0 Å². The van der Waals surface area contributed by atoms with Crippen LogP contribution in [0.3, 0.4) is 0 Å². The molecule has 1 heterocycles. The smallest absolute Gasteiger partial charge is 0.213 e. The number of aromatic nitrogens is 2. The van der Waals surface area contributed by atoms with Gasteiger partial charge >= 0.3 is 0 Å². The number of halogens is 1. The second kappa shape index (κ2) is 5.59. The van der Waals surface area contributed by atoms with Crippen LogP contribution in [0.5, 0.6) is 5.75 Å². The minimum atomic E-state index is 0.286. The third-order valence-electron chi connectivity index (χ3n) is 2.94. The van der Waals surface area contributed by atoms with Gasteiger partial charge in [-0.1, -0.05) is 16.8 Å². The van der Waals surface area contributed by atoms with Gasteiger partial charge in [-0.2, -0.15) is 4.98 Å². The fourth-order valence-electron chi connectivity index (χ4n) is 1.77. The lowest BCUT2D eigenvalue weighted by Gasteiger charge is -2.11. The lowest BCUT2D eigenvalue weighted by Crippen LogP contribution is -2.16. The Balaban J connectivity index is 1.67. The number of nitrogens with zero attached hydrogens (tertiary/aromatic N) is 2. The Bertz CT molecular complexity index is 541. The van der Waals surface area contributed by atoms with Gasteiger partial charge in [-0.05, 0) is 31.0 Å². The maximum Gasteiger partial charge on any atom is 0.213 e. The first-order chi connectivity index (χ1) is 9.31. The first-order valence-corrected chi connectivity index (χ1v) is 6.59. The monoisotopic (exact) mass is 279 g/mol. The number of ether oxygens (including phenoxy) is 1. The number of hydrogen-bond acceptors (Lipinski definition) is 5. The van der Waals surface area contributed by atoms with Crippen LogP contribution >= 0.6 is 11.6 Å². The fraction of sp³-hybridized carbons (Fsp3) is 0.385. The molecule has 6 heteroatoms. The minimum absolute atomic E-state index is 0.286. The van der Waals surface area contributed by atoms with Gasteiger partial charge in [0.25, 0.3) is 0 Å². The Kier molecular flexibility index (Phi) is 3.66. The molecule has 0 atom stereocenters. The van der Waals surface area contributed by atoms with Gasteiger partial charge in [-0.15, -0.1) is 0 Å². The molecule has 0 aliphatic heterocycles. The first kappa shape index (κ1) is 12.4. The van der Waals surface area contributed by atoms with Gasteiger partial charge in [0.05, 0.1) is 0 Å². The van der Waals surface area contributed by atoms with E-state index < -0.39 is 0 Å². The van der Waals surface area contributed by atoms with Gasteiger partial charge in [0.1, 0.15) is 5.75 Å². The van der Waals surface area contributed by atoms with E-state index in [0.717, 1.165) is 17.9 Å². The van der Waals surface area contributed by atoms with Crippen LogP contribution in [0.1, 0.15) is 24.2 Å². The molecule has 2 aromatic rings. The predicted octanol–water partition coefficient (Wildman–Crippen LogP) is 2.55. The molecule has 0 saturated heterocycles. The average Bonchev–Trinajstić information content (AvgIpc) is 3.10. The largest absolute Gasteiger partial charge is 0.485 e. The topological polar surface area (TPSA) is 60.2 Å².